The van der Waals surface area contributed by atoms with Gasteiger partial charge in [0, 0.05) is 10.4 Å². The molecule has 2 nitrogen and oxygen atoms in total. The predicted octanol–water partition coefficient (Wildman–Crippen LogP) is 5.72. The lowest BCUT2D eigenvalue weighted by molar-refractivity contribution is 0.102. The SMILES string of the molecule is O=C(Nc1c(Cl)cc(Cl)cc1Cl)c1csc(Br)c1. The summed E-state index contributed by atoms with van der Waals surface area (Å²) in [6.45, 7) is 0. The van der Waals surface area contributed by atoms with E-state index in [0.29, 0.717) is 26.3 Å². The van der Waals surface area contributed by atoms with Crippen molar-refractivity contribution in [3.05, 3.63) is 48.0 Å². The fourth-order valence-corrected chi connectivity index (χ4v) is 3.32. The molecule has 1 amide bonds. The van der Waals surface area contributed by atoms with Gasteiger partial charge in [-0.05, 0) is 34.1 Å². The number of amides is 1. The molecule has 94 valence electrons. The van der Waals surface area contributed by atoms with Crippen LogP contribution in [0.2, 0.25) is 15.1 Å². The fraction of sp³-hybridized carbons (Fsp3) is 0. The zero-order valence-corrected chi connectivity index (χ0v) is 13.3. The molecule has 0 aliphatic heterocycles. The minimum absolute atomic E-state index is 0.275. The van der Waals surface area contributed by atoms with Crippen molar-refractivity contribution >= 4 is 73.7 Å². The average molecular weight is 385 g/mol. The van der Waals surface area contributed by atoms with Crippen molar-refractivity contribution in [3.8, 4) is 0 Å². The number of thiophene rings is 1. The molecule has 0 saturated heterocycles. The van der Waals surface area contributed by atoms with Gasteiger partial charge in [-0.2, -0.15) is 0 Å². The van der Waals surface area contributed by atoms with Crippen LogP contribution in [0.4, 0.5) is 5.69 Å². The molecule has 0 unspecified atom stereocenters. The van der Waals surface area contributed by atoms with Gasteiger partial charge >= 0.3 is 0 Å². The highest BCUT2D eigenvalue weighted by atomic mass is 79.9. The van der Waals surface area contributed by atoms with Crippen LogP contribution in [0, 0.1) is 0 Å². The molecule has 1 aromatic heterocycles. The van der Waals surface area contributed by atoms with Crippen LogP contribution in [-0.4, -0.2) is 5.91 Å². The normalized spacial score (nSPS) is 10.4. The smallest absolute Gasteiger partial charge is 0.256 e. The zero-order chi connectivity index (χ0) is 13.3. The van der Waals surface area contributed by atoms with E-state index < -0.39 is 0 Å². The lowest BCUT2D eigenvalue weighted by Gasteiger charge is -2.08. The zero-order valence-electron chi connectivity index (χ0n) is 8.64. The van der Waals surface area contributed by atoms with E-state index in [1.165, 1.54) is 23.5 Å². The molecule has 2 aromatic rings. The standard InChI is InChI=1S/C11H5BrCl3NOS/c12-9-1-5(4-18-9)11(17)16-10-7(14)2-6(13)3-8(10)15/h1-4H,(H,16,17). The molecule has 18 heavy (non-hydrogen) atoms. The van der Waals surface area contributed by atoms with E-state index in [1.807, 2.05) is 0 Å². The Bertz CT molecular complexity index is 591. The molecule has 0 fully saturated rings. The highest BCUT2D eigenvalue weighted by Crippen LogP contribution is 2.34. The van der Waals surface area contributed by atoms with Crippen LogP contribution < -0.4 is 5.32 Å². The van der Waals surface area contributed by atoms with E-state index in [0.717, 1.165) is 3.79 Å². The van der Waals surface area contributed by atoms with E-state index >= 15 is 0 Å². The summed E-state index contributed by atoms with van der Waals surface area (Å²) in [5.41, 5.74) is 0.893. The maximum Gasteiger partial charge on any atom is 0.256 e. The topological polar surface area (TPSA) is 29.1 Å². The third kappa shape index (κ3) is 3.19. The first-order chi connectivity index (χ1) is 8.47. The molecule has 2 rings (SSSR count). The van der Waals surface area contributed by atoms with Gasteiger partial charge in [0.2, 0.25) is 0 Å². The van der Waals surface area contributed by atoms with Crippen molar-refractivity contribution in [2.24, 2.45) is 0 Å². The van der Waals surface area contributed by atoms with Crippen molar-refractivity contribution in [2.45, 2.75) is 0 Å². The van der Waals surface area contributed by atoms with Gasteiger partial charge in [-0.15, -0.1) is 11.3 Å². The molecule has 0 aliphatic carbocycles. The lowest BCUT2D eigenvalue weighted by Crippen LogP contribution is -2.11. The number of anilines is 1. The van der Waals surface area contributed by atoms with Crippen molar-refractivity contribution in [1.82, 2.24) is 0 Å². The summed E-state index contributed by atoms with van der Waals surface area (Å²) in [5, 5.41) is 5.41. The van der Waals surface area contributed by atoms with Crippen LogP contribution >= 0.6 is 62.1 Å². The first-order valence-electron chi connectivity index (χ1n) is 4.67. The number of halogens is 4. The maximum absolute atomic E-state index is 11.9. The van der Waals surface area contributed by atoms with Gasteiger partial charge in [0.25, 0.3) is 5.91 Å². The van der Waals surface area contributed by atoms with E-state index in [2.05, 4.69) is 21.2 Å². The second-order valence-electron chi connectivity index (χ2n) is 3.34. The van der Waals surface area contributed by atoms with Gasteiger partial charge in [-0.1, -0.05) is 34.8 Å². The fourth-order valence-electron chi connectivity index (χ4n) is 1.28. The second-order valence-corrected chi connectivity index (χ2v) is 6.88. The monoisotopic (exact) mass is 383 g/mol. The first-order valence-corrected chi connectivity index (χ1v) is 7.48. The summed E-state index contributed by atoms with van der Waals surface area (Å²) in [5.74, 6) is -0.275. The van der Waals surface area contributed by atoms with Gasteiger partial charge in [0.1, 0.15) is 0 Å². The molecule has 0 bridgehead atoms. The number of hydrogen-bond donors (Lipinski definition) is 1. The summed E-state index contributed by atoms with van der Waals surface area (Å²) in [6.07, 6.45) is 0. The van der Waals surface area contributed by atoms with E-state index in [-0.39, 0.29) is 5.91 Å². The maximum atomic E-state index is 11.9. The molecule has 0 radical (unpaired) electrons. The third-order valence-corrected chi connectivity index (χ3v) is 4.39. The molecular formula is C11H5BrCl3NOS. The minimum Gasteiger partial charge on any atom is -0.319 e. The summed E-state index contributed by atoms with van der Waals surface area (Å²) in [4.78, 5) is 11.9. The molecule has 0 atom stereocenters. The van der Waals surface area contributed by atoms with Gasteiger partial charge in [0.15, 0.2) is 0 Å². The number of hydrogen-bond acceptors (Lipinski definition) is 2. The molecule has 0 aliphatic rings. The van der Waals surface area contributed by atoms with Crippen molar-refractivity contribution < 1.29 is 4.79 Å². The van der Waals surface area contributed by atoms with Crippen molar-refractivity contribution in [3.63, 3.8) is 0 Å². The van der Waals surface area contributed by atoms with Gasteiger partial charge in [-0.25, -0.2) is 0 Å². The Balaban J connectivity index is 2.27. The van der Waals surface area contributed by atoms with E-state index in [4.69, 9.17) is 34.8 Å². The molecule has 0 spiro atoms. The summed E-state index contributed by atoms with van der Waals surface area (Å²) >= 11 is 22.5. The summed E-state index contributed by atoms with van der Waals surface area (Å²) in [7, 11) is 0. The van der Waals surface area contributed by atoms with Crippen LogP contribution in [0.25, 0.3) is 0 Å². The first kappa shape index (κ1) is 14.2. The van der Waals surface area contributed by atoms with Gasteiger partial charge in [-0.3, -0.25) is 4.79 Å². The number of nitrogens with one attached hydrogen (secondary N) is 1. The molecular weight excluding hydrogens is 380 g/mol. The Morgan fingerprint density at radius 2 is 1.78 bits per heavy atom. The lowest BCUT2D eigenvalue weighted by atomic mass is 10.2. The Morgan fingerprint density at radius 3 is 2.28 bits per heavy atom. The minimum atomic E-state index is -0.275. The summed E-state index contributed by atoms with van der Waals surface area (Å²) in [6, 6.07) is 4.76. The van der Waals surface area contributed by atoms with Crippen LogP contribution in [0.15, 0.2) is 27.4 Å². The number of rotatable bonds is 2. The average Bonchev–Trinajstić information content (AvgIpc) is 2.70. The molecule has 1 heterocycles. The predicted molar refractivity (Wildman–Crippen MR) is 81.4 cm³/mol. The molecule has 1 aromatic carbocycles. The van der Waals surface area contributed by atoms with Crippen LogP contribution in [0.1, 0.15) is 10.4 Å². The second kappa shape index (κ2) is 5.80. The number of carbonyl (C=O) groups is 1. The van der Waals surface area contributed by atoms with Gasteiger partial charge < -0.3 is 5.32 Å². The third-order valence-electron chi connectivity index (χ3n) is 2.08. The van der Waals surface area contributed by atoms with Crippen LogP contribution in [-0.2, 0) is 0 Å². The highest BCUT2D eigenvalue weighted by molar-refractivity contribution is 9.11. The number of benzene rings is 1. The molecule has 0 saturated carbocycles. The number of carbonyl (C=O) groups excluding carboxylic acids is 1. The Labute approximate surface area is 131 Å². The van der Waals surface area contributed by atoms with E-state index in [1.54, 1.807) is 11.4 Å². The molecule has 1 N–H and O–H groups in total. The van der Waals surface area contributed by atoms with Crippen molar-refractivity contribution in [2.75, 3.05) is 5.32 Å². The van der Waals surface area contributed by atoms with Crippen molar-refractivity contribution in [1.29, 1.82) is 0 Å². The van der Waals surface area contributed by atoms with Crippen LogP contribution in [0.3, 0.4) is 0 Å². The largest absolute Gasteiger partial charge is 0.319 e. The van der Waals surface area contributed by atoms with Crippen LogP contribution in [0.5, 0.6) is 0 Å². The van der Waals surface area contributed by atoms with Gasteiger partial charge in [0.05, 0.1) is 25.1 Å². The Morgan fingerprint density at radius 1 is 1.17 bits per heavy atom. The molecule has 7 heteroatoms. The Kier molecular flexibility index (Phi) is 4.56. The highest BCUT2D eigenvalue weighted by Gasteiger charge is 2.13. The summed E-state index contributed by atoms with van der Waals surface area (Å²) < 4.78 is 0.876. The quantitative estimate of drug-likeness (QED) is 0.703. The van der Waals surface area contributed by atoms with E-state index in [9.17, 15) is 4.79 Å². The Hall–Kier alpha value is -0.260.